The van der Waals surface area contributed by atoms with E-state index in [2.05, 4.69) is 68.1 Å². The Labute approximate surface area is 182 Å². The molecule has 0 N–H and O–H groups in total. The molecule has 2 aromatic rings. The fourth-order valence-corrected chi connectivity index (χ4v) is 25.6. The van der Waals surface area contributed by atoms with E-state index >= 15 is 0 Å². The van der Waals surface area contributed by atoms with Gasteiger partial charge in [0.15, 0.2) is 0 Å². The van der Waals surface area contributed by atoms with Crippen molar-refractivity contribution in [1.82, 2.24) is 0 Å². The van der Waals surface area contributed by atoms with Crippen molar-refractivity contribution in [2.24, 2.45) is 11.8 Å². The van der Waals surface area contributed by atoms with Gasteiger partial charge in [0.1, 0.15) is 0 Å². The molecule has 0 saturated carbocycles. The minimum absolute atomic E-state index is 0. The van der Waals surface area contributed by atoms with Gasteiger partial charge in [0, 0.05) is 0 Å². The third-order valence-corrected chi connectivity index (χ3v) is 23.0. The smallest absolute Gasteiger partial charge is 0.147 e. The van der Waals surface area contributed by atoms with Gasteiger partial charge < -0.3 is 0 Å². The Morgan fingerprint density at radius 3 is 1.48 bits per heavy atom. The van der Waals surface area contributed by atoms with Gasteiger partial charge in [0.2, 0.25) is 0 Å². The zero-order valence-electron chi connectivity index (χ0n) is 18.2. The van der Waals surface area contributed by atoms with E-state index in [4.69, 9.17) is 8.83 Å². The van der Waals surface area contributed by atoms with E-state index in [1.54, 1.807) is 19.1 Å². The molecule has 29 heavy (non-hydrogen) atoms. The molecule has 0 fully saturated rings. The summed E-state index contributed by atoms with van der Waals surface area (Å²) in [5.41, 5.74) is 5.41. The van der Waals surface area contributed by atoms with Gasteiger partial charge in [-0.25, -0.2) is 0 Å². The summed E-state index contributed by atoms with van der Waals surface area (Å²) in [5, 5.41) is 0. The molecule has 154 valence electrons. The van der Waals surface area contributed by atoms with E-state index in [-0.39, 0.29) is 12.4 Å². The van der Waals surface area contributed by atoms with Crippen LogP contribution in [0.15, 0.2) is 75.5 Å². The summed E-state index contributed by atoms with van der Waals surface area (Å²) in [6.45, 7) is 11.5. The monoisotopic (exact) mass is 504 g/mol. The van der Waals surface area contributed by atoms with Crippen LogP contribution in [0.4, 0.5) is 0 Å². The number of allylic oxidation sites excluding steroid dienone is 8. The van der Waals surface area contributed by atoms with Crippen molar-refractivity contribution in [3.8, 4) is 0 Å². The van der Waals surface area contributed by atoms with E-state index < -0.39 is 17.4 Å². The molecule has 4 rings (SSSR count). The van der Waals surface area contributed by atoms with Crippen molar-refractivity contribution >= 4 is 30.4 Å². The van der Waals surface area contributed by atoms with E-state index in [1.165, 1.54) is 22.3 Å². The molecule has 5 heteroatoms. The first-order valence-corrected chi connectivity index (χ1v) is 23.4. The molecule has 2 aromatic heterocycles. The molecule has 0 radical (unpaired) electrons. The van der Waals surface area contributed by atoms with E-state index in [1.807, 2.05) is 12.1 Å². The number of furan rings is 2. The van der Waals surface area contributed by atoms with Crippen LogP contribution in [0.2, 0.25) is 9.26 Å². The molecule has 2 unspecified atom stereocenters. The summed E-state index contributed by atoms with van der Waals surface area (Å²) in [6, 6.07) is 8.23. The fraction of sp³-hybridized carbons (Fsp3) is 0.333. The first-order valence-electron chi connectivity index (χ1n) is 10.1. The van der Waals surface area contributed by atoms with Crippen LogP contribution in [0, 0.1) is 11.8 Å². The van der Waals surface area contributed by atoms with Gasteiger partial charge in [-0.2, -0.15) is 0 Å². The molecule has 0 saturated heterocycles. The zero-order chi connectivity index (χ0) is 20.3. The molecule has 0 aliphatic heterocycles. The van der Waals surface area contributed by atoms with Crippen LogP contribution in [0.3, 0.4) is 0 Å². The Bertz CT molecular complexity index is 1040. The first-order chi connectivity index (χ1) is 13.1. The molecule has 2 heterocycles. The van der Waals surface area contributed by atoms with Gasteiger partial charge in [-0.1, -0.05) is 0 Å². The second-order valence-corrected chi connectivity index (χ2v) is 37.9. The summed E-state index contributed by atoms with van der Waals surface area (Å²) >= 11 is -3.55. The van der Waals surface area contributed by atoms with Gasteiger partial charge in [-0.15, -0.1) is 12.4 Å². The van der Waals surface area contributed by atoms with Gasteiger partial charge in [-0.05, 0) is 0 Å². The minimum atomic E-state index is -3.55. The Morgan fingerprint density at radius 1 is 0.793 bits per heavy atom. The maximum Gasteiger partial charge on any atom is -0.147 e. The van der Waals surface area contributed by atoms with Crippen LogP contribution >= 0.6 is 12.4 Å². The van der Waals surface area contributed by atoms with Crippen LogP contribution in [-0.4, -0.2) is 6.88 Å². The third kappa shape index (κ3) is 3.52. The largest absolute Gasteiger partial charge is 0.147 e. The third-order valence-electron chi connectivity index (χ3n) is 6.50. The van der Waals surface area contributed by atoms with Gasteiger partial charge >= 0.3 is 171 Å². The molecule has 0 amide bonds. The molecular formula is C24H31ClO2SiZr. The number of rotatable bonds is 4. The standard InChI is InChI=1S/2C11H11O.2CH3.ClH.H2Si.Zr/c2*1-8-6-9(2)10(7-8)11-4-3-5-12-11;;;;;/h2*3-6,8H,1-2H3;2*1H3;1H;1H2;. The summed E-state index contributed by atoms with van der Waals surface area (Å²) in [5.74, 6) is 2.91. The molecule has 0 aromatic carbocycles. The molecule has 2 atom stereocenters. The molecule has 2 aliphatic rings. The summed E-state index contributed by atoms with van der Waals surface area (Å²) in [7, 11) is 0. The minimum Gasteiger partial charge on any atom is -0.147 e. The Morgan fingerprint density at radius 2 is 1.17 bits per heavy atom. The molecule has 2 aliphatic carbocycles. The van der Waals surface area contributed by atoms with Gasteiger partial charge in [0.25, 0.3) is 0 Å². The van der Waals surface area contributed by atoms with Crippen molar-refractivity contribution < 1.29 is 26.2 Å². The van der Waals surface area contributed by atoms with Crippen molar-refractivity contribution in [3.63, 3.8) is 0 Å². The van der Waals surface area contributed by atoms with Crippen molar-refractivity contribution in [1.29, 1.82) is 0 Å². The van der Waals surface area contributed by atoms with E-state index in [0.29, 0.717) is 11.8 Å². The zero-order valence-corrected chi connectivity index (χ0v) is 22.9. The maximum absolute atomic E-state index is 5.91. The molecule has 0 spiro atoms. The van der Waals surface area contributed by atoms with Crippen molar-refractivity contribution in [2.75, 3.05) is 0 Å². The Kier molecular flexibility index (Phi) is 5.88. The topological polar surface area (TPSA) is 26.3 Å². The van der Waals surface area contributed by atoms with Crippen molar-refractivity contribution in [2.45, 2.75) is 37.0 Å². The Balaban J connectivity index is 0.00000240. The predicted molar refractivity (Wildman–Crippen MR) is 125 cm³/mol. The molecule has 2 nitrogen and oxygen atoms in total. The summed E-state index contributed by atoms with van der Waals surface area (Å²) < 4.78 is 20.3. The average Bonchev–Trinajstić information content (AvgIpc) is 3.34. The number of hydrogen-bond donors (Lipinski definition) is 0. The van der Waals surface area contributed by atoms with Crippen LogP contribution < -0.4 is 0 Å². The van der Waals surface area contributed by atoms with Crippen LogP contribution in [0.25, 0.3) is 11.1 Å². The fourth-order valence-electron chi connectivity index (χ4n) is 5.87. The van der Waals surface area contributed by atoms with Crippen LogP contribution in [-0.2, 0) is 17.4 Å². The normalized spacial score (nSPS) is 22.7. The average molecular weight is 506 g/mol. The maximum atomic E-state index is 5.91. The second kappa shape index (κ2) is 7.55. The second-order valence-electron chi connectivity index (χ2n) is 9.49. The van der Waals surface area contributed by atoms with E-state index in [0.717, 1.165) is 11.5 Å². The SMILES string of the molecule is CC1=CC(C)[C]([Zr]([CH3])([CH3])(=[SiH2])[C]2=C(c3ccco3)C(C)=CC2C)=C1c1ccco1.Cl. The molecule has 0 bridgehead atoms. The van der Waals surface area contributed by atoms with E-state index in [9.17, 15) is 0 Å². The van der Waals surface area contributed by atoms with Crippen LogP contribution in [0.1, 0.15) is 39.2 Å². The molecular weight excluding hydrogens is 475 g/mol. The first kappa shape index (κ1) is 22.6. The quantitative estimate of drug-likeness (QED) is 0.420. The Hall–Kier alpha value is -1.09. The predicted octanol–water partition coefficient (Wildman–Crippen LogP) is 6.94. The summed E-state index contributed by atoms with van der Waals surface area (Å²) in [6.07, 6.45) is 8.44. The van der Waals surface area contributed by atoms with Gasteiger partial charge in [-0.3, -0.25) is 0 Å². The van der Waals surface area contributed by atoms with Crippen molar-refractivity contribution in [3.05, 3.63) is 78.2 Å². The van der Waals surface area contributed by atoms with Gasteiger partial charge in [0.05, 0.1) is 0 Å². The number of hydrogen-bond acceptors (Lipinski definition) is 2. The van der Waals surface area contributed by atoms with Crippen LogP contribution in [0.5, 0.6) is 0 Å². The summed E-state index contributed by atoms with van der Waals surface area (Å²) in [4.78, 5) is 0. The number of halogens is 1.